The van der Waals surface area contributed by atoms with E-state index in [0.717, 1.165) is 0 Å². The molecule has 0 spiro atoms. The fourth-order valence-electron chi connectivity index (χ4n) is 1.05. The minimum atomic E-state index is -4.40. The summed E-state index contributed by atoms with van der Waals surface area (Å²) in [6.45, 7) is -0.0945. The van der Waals surface area contributed by atoms with Gasteiger partial charge in [0.2, 0.25) is 0 Å². The van der Waals surface area contributed by atoms with Crippen LogP contribution in [0.1, 0.15) is 0 Å². The van der Waals surface area contributed by atoms with Gasteiger partial charge in [0, 0.05) is 0 Å². The van der Waals surface area contributed by atoms with E-state index < -0.39 is 13.8 Å². The van der Waals surface area contributed by atoms with Crippen molar-refractivity contribution in [2.45, 2.75) is 0 Å². The first-order valence-corrected chi connectivity index (χ1v) is 6.33. The Bertz CT molecular complexity index is 420. The number of carbonyl (C=O) groups is 1. The van der Waals surface area contributed by atoms with Gasteiger partial charge in [0.15, 0.2) is 0 Å². The number of phosphoric acid groups is 1. The summed E-state index contributed by atoms with van der Waals surface area (Å²) in [5.41, 5.74) is 0. The zero-order valence-electron chi connectivity index (χ0n) is 9.57. The maximum absolute atomic E-state index is 11.4. The van der Waals surface area contributed by atoms with E-state index in [4.69, 9.17) is 4.52 Å². The average molecular weight is 259 g/mol. The van der Waals surface area contributed by atoms with Gasteiger partial charge >= 0.3 is 13.8 Å². The largest absolute Gasteiger partial charge is 0.587 e. The van der Waals surface area contributed by atoms with Crippen LogP contribution in [0.5, 0.6) is 5.75 Å². The Morgan fingerprint density at radius 3 is 2.47 bits per heavy atom. The first-order valence-electron chi connectivity index (χ1n) is 4.83. The monoisotopic (exact) mass is 259 g/mol. The molecule has 0 bridgehead atoms. The second-order valence-electron chi connectivity index (χ2n) is 3.57. The van der Waals surface area contributed by atoms with Crippen molar-refractivity contribution >= 4 is 13.8 Å². The lowest BCUT2D eigenvalue weighted by molar-refractivity contribution is -0.136. The lowest BCUT2D eigenvalue weighted by atomic mass is 10.3. The highest BCUT2D eigenvalue weighted by Gasteiger charge is 2.28. The Labute approximate surface area is 99.4 Å². The van der Waals surface area contributed by atoms with Crippen molar-refractivity contribution < 1.29 is 23.3 Å². The smallest absolute Gasteiger partial charge is 0.395 e. The molecular formula is C10H14NO5P. The number of likely N-dealkylation sites (N-methyl/N-ethyl adjacent to an activating group) is 1. The molecule has 0 fully saturated rings. The van der Waals surface area contributed by atoms with Gasteiger partial charge in [-0.25, -0.2) is 4.57 Å². The number of hydrogen-bond acceptors (Lipinski definition) is 5. The quantitative estimate of drug-likeness (QED) is 0.802. The Kier molecular flexibility index (Phi) is 4.69. The summed E-state index contributed by atoms with van der Waals surface area (Å²) in [5, 5.41) is 0. The van der Waals surface area contributed by atoms with Crippen molar-refractivity contribution in [2.24, 2.45) is 0 Å². The van der Waals surface area contributed by atoms with Crippen LogP contribution in [-0.2, 0) is 13.9 Å². The molecule has 0 amide bonds. The number of para-hydroxylation sites is 1. The van der Waals surface area contributed by atoms with Crippen molar-refractivity contribution in [1.29, 1.82) is 0 Å². The molecule has 7 heteroatoms. The summed E-state index contributed by atoms with van der Waals surface area (Å²) in [4.78, 5) is 22.0. The van der Waals surface area contributed by atoms with Crippen molar-refractivity contribution in [1.82, 2.24) is 4.90 Å². The third-order valence-corrected chi connectivity index (χ3v) is 2.50. The van der Waals surface area contributed by atoms with E-state index in [1.165, 1.54) is 17.0 Å². The number of benzene rings is 1. The summed E-state index contributed by atoms with van der Waals surface area (Å²) in [5.74, 6) is -0.659. The highest BCUT2D eigenvalue weighted by Crippen LogP contribution is 2.43. The molecule has 94 valence electrons. The number of carbonyl (C=O) groups excluding carboxylic acids is 1. The van der Waals surface area contributed by atoms with Gasteiger partial charge in [-0.15, -0.1) is 0 Å². The molecule has 1 N–H and O–H groups in total. The van der Waals surface area contributed by atoms with Crippen LogP contribution < -0.4 is 4.52 Å². The van der Waals surface area contributed by atoms with E-state index in [1.807, 2.05) is 0 Å². The predicted octanol–water partition coefficient (Wildman–Crippen LogP) is 1.27. The molecule has 0 saturated heterocycles. The molecule has 0 aliphatic heterocycles. The lowest BCUT2D eigenvalue weighted by Crippen LogP contribution is -2.23. The van der Waals surface area contributed by atoms with Crippen molar-refractivity contribution in [3.8, 4) is 5.75 Å². The Morgan fingerprint density at radius 2 is 1.94 bits per heavy atom. The fraction of sp³-hybridized carbons (Fsp3) is 0.300. The number of nitrogens with zero attached hydrogens (tertiary/aromatic N) is 1. The first-order chi connectivity index (χ1) is 7.89. The molecule has 6 nitrogen and oxygen atoms in total. The maximum atomic E-state index is 11.4. The third kappa shape index (κ3) is 5.49. The molecule has 0 aromatic heterocycles. The molecule has 1 atom stereocenters. The molecule has 1 aromatic carbocycles. The van der Waals surface area contributed by atoms with Gasteiger partial charge in [0.1, 0.15) is 5.75 Å². The minimum Gasteiger partial charge on any atom is -0.395 e. The zero-order valence-corrected chi connectivity index (χ0v) is 10.5. The van der Waals surface area contributed by atoms with Gasteiger partial charge < -0.3 is 9.05 Å². The fourth-order valence-corrected chi connectivity index (χ4v) is 1.79. The third-order valence-electron chi connectivity index (χ3n) is 1.63. The standard InChI is InChI=1S/C10H14NO5P/c1-11(2)8-10(12)16-17(13,14)15-9-6-4-3-5-7-9/h3-7H,8H2,1-2H3,(H,13,14). The van der Waals surface area contributed by atoms with Gasteiger partial charge in [-0.1, -0.05) is 18.2 Å². The molecule has 1 unspecified atom stereocenters. The SMILES string of the molecule is CN(C)CC(=O)OP(=O)(O)Oc1ccccc1. The van der Waals surface area contributed by atoms with Gasteiger partial charge in [0.25, 0.3) is 0 Å². The van der Waals surface area contributed by atoms with E-state index in [9.17, 15) is 14.3 Å². The summed E-state index contributed by atoms with van der Waals surface area (Å²) in [7, 11) is -1.12. The molecule has 0 heterocycles. The van der Waals surface area contributed by atoms with E-state index >= 15 is 0 Å². The lowest BCUT2D eigenvalue weighted by Gasteiger charge is -2.14. The number of hydrogen-bond donors (Lipinski definition) is 1. The van der Waals surface area contributed by atoms with Crippen molar-refractivity contribution in [3.63, 3.8) is 0 Å². The highest BCUT2D eigenvalue weighted by molar-refractivity contribution is 7.48. The topological polar surface area (TPSA) is 76.1 Å². The van der Waals surface area contributed by atoms with E-state index in [1.54, 1.807) is 32.3 Å². The van der Waals surface area contributed by atoms with E-state index in [2.05, 4.69) is 4.52 Å². The maximum Gasteiger partial charge on any atom is 0.587 e. The van der Waals surface area contributed by atoms with Crippen LogP contribution in [0.25, 0.3) is 0 Å². The van der Waals surface area contributed by atoms with E-state index in [-0.39, 0.29) is 12.3 Å². The van der Waals surface area contributed by atoms with Crippen LogP contribution in [0.3, 0.4) is 0 Å². The number of rotatable bonds is 5. The van der Waals surface area contributed by atoms with E-state index in [0.29, 0.717) is 0 Å². The summed E-state index contributed by atoms with van der Waals surface area (Å²) < 4.78 is 20.5. The Balaban J connectivity index is 2.57. The van der Waals surface area contributed by atoms with Crippen LogP contribution in [0.2, 0.25) is 0 Å². The van der Waals surface area contributed by atoms with Crippen molar-refractivity contribution in [3.05, 3.63) is 30.3 Å². The highest BCUT2D eigenvalue weighted by atomic mass is 31.2. The van der Waals surface area contributed by atoms with Crippen molar-refractivity contribution in [2.75, 3.05) is 20.6 Å². The zero-order chi connectivity index (χ0) is 12.9. The Hall–Kier alpha value is -1.36. The molecule has 0 radical (unpaired) electrons. The van der Waals surface area contributed by atoms with Crippen LogP contribution >= 0.6 is 7.82 Å². The normalized spacial score (nSPS) is 14.1. The summed E-state index contributed by atoms with van der Waals surface area (Å²) in [6.07, 6.45) is 0. The van der Waals surface area contributed by atoms with Gasteiger partial charge in [-0.2, -0.15) is 0 Å². The van der Waals surface area contributed by atoms with Crippen LogP contribution in [0.15, 0.2) is 30.3 Å². The first kappa shape index (κ1) is 13.7. The molecule has 1 aromatic rings. The van der Waals surface area contributed by atoms with Gasteiger partial charge in [-0.3, -0.25) is 14.6 Å². The predicted molar refractivity (Wildman–Crippen MR) is 61.5 cm³/mol. The van der Waals surface area contributed by atoms with Crippen LogP contribution in [0, 0.1) is 0 Å². The minimum absolute atomic E-state index is 0.0945. The van der Waals surface area contributed by atoms with Gasteiger partial charge in [-0.05, 0) is 26.2 Å². The average Bonchev–Trinajstić information content (AvgIpc) is 2.15. The van der Waals surface area contributed by atoms with Gasteiger partial charge in [0.05, 0.1) is 6.54 Å². The second-order valence-corrected chi connectivity index (χ2v) is 4.88. The second kappa shape index (κ2) is 5.82. The molecule has 0 aliphatic rings. The molecule has 1 rings (SSSR count). The molecule has 0 aliphatic carbocycles. The number of phosphoric ester groups is 1. The molecule has 0 saturated carbocycles. The summed E-state index contributed by atoms with van der Waals surface area (Å²) in [6, 6.07) is 7.98. The Morgan fingerprint density at radius 1 is 1.35 bits per heavy atom. The van der Waals surface area contributed by atoms with Crippen LogP contribution in [-0.4, -0.2) is 36.4 Å². The van der Waals surface area contributed by atoms with Crippen LogP contribution in [0.4, 0.5) is 0 Å². The molecular weight excluding hydrogens is 245 g/mol. The summed E-state index contributed by atoms with van der Waals surface area (Å²) >= 11 is 0. The molecule has 17 heavy (non-hydrogen) atoms.